The number of hydrogen-bond donors (Lipinski definition) is 0. The lowest BCUT2D eigenvalue weighted by Crippen LogP contribution is -2.25. The van der Waals surface area contributed by atoms with Crippen molar-refractivity contribution in [3.63, 3.8) is 0 Å². The van der Waals surface area contributed by atoms with Crippen molar-refractivity contribution < 1.29 is 0 Å². The molecule has 0 saturated carbocycles. The van der Waals surface area contributed by atoms with Gasteiger partial charge in [0.2, 0.25) is 0 Å². The summed E-state index contributed by atoms with van der Waals surface area (Å²) in [5.41, 5.74) is 3.80. The maximum atomic E-state index is 13.1. The van der Waals surface area contributed by atoms with Crippen molar-refractivity contribution >= 4 is 34.5 Å². The van der Waals surface area contributed by atoms with Crippen molar-refractivity contribution in [3.8, 4) is 0 Å². The van der Waals surface area contributed by atoms with Gasteiger partial charge in [0, 0.05) is 23.2 Å². The first-order valence-electron chi connectivity index (χ1n) is 8.74. The Kier molecular flexibility index (Phi) is 5.41. The van der Waals surface area contributed by atoms with Crippen LogP contribution in [0.1, 0.15) is 16.7 Å². The van der Waals surface area contributed by atoms with Gasteiger partial charge in [0.05, 0.1) is 6.54 Å². The van der Waals surface area contributed by atoms with Gasteiger partial charge in [-0.3, -0.25) is 9.36 Å². The van der Waals surface area contributed by atoms with Gasteiger partial charge in [-0.1, -0.05) is 65.3 Å². The SMILES string of the molecule is Cc1ccc(CSc2nc3nccnc3c(=O)n2Cc2ccc(Cl)cc2)cc1. The van der Waals surface area contributed by atoms with Crippen LogP contribution in [0.3, 0.4) is 0 Å². The molecular weight excluding hydrogens is 392 g/mol. The van der Waals surface area contributed by atoms with Crippen LogP contribution in [0.25, 0.3) is 11.2 Å². The third kappa shape index (κ3) is 4.08. The van der Waals surface area contributed by atoms with Gasteiger partial charge in [-0.25, -0.2) is 15.0 Å². The summed E-state index contributed by atoms with van der Waals surface area (Å²) in [4.78, 5) is 26.1. The molecule has 0 aliphatic rings. The van der Waals surface area contributed by atoms with Gasteiger partial charge < -0.3 is 0 Å². The molecular formula is C21H17ClN4OS. The first kappa shape index (κ1) is 18.7. The number of aryl methyl sites for hydroxylation is 1. The normalized spacial score (nSPS) is 11.1. The molecule has 0 radical (unpaired) electrons. The number of halogens is 1. The number of rotatable bonds is 5. The van der Waals surface area contributed by atoms with Crippen molar-refractivity contribution in [2.75, 3.05) is 0 Å². The molecule has 5 nitrogen and oxygen atoms in total. The molecule has 4 rings (SSSR count). The predicted molar refractivity (Wildman–Crippen MR) is 113 cm³/mol. The standard InChI is InChI=1S/C21H17ClN4OS/c1-14-2-4-16(5-3-14)13-28-21-25-19-18(23-10-11-24-19)20(27)26(21)12-15-6-8-17(22)9-7-15/h2-11H,12-13H2,1H3. The van der Waals surface area contributed by atoms with Crippen LogP contribution in [-0.4, -0.2) is 19.5 Å². The van der Waals surface area contributed by atoms with Crippen LogP contribution in [0.15, 0.2) is 70.9 Å². The fourth-order valence-electron chi connectivity index (χ4n) is 2.78. The molecule has 0 aliphatic heterocycles. The second-order valence-corrected chi connectivity index (χ2v) is 7.79. The zero-order chi connectivity index (χ0) is 19.5. The molecule has 0 saturated heterocycles. The molecule has 7 heteroatoms. The lowest BCUT2D eigenvalue weighted by atomic mass is 10.2. The zero-order valence-corrected chi connectivity index (χ0v) is 16.7. The van der Waals surface area contributed by atoms with Gasteiger partial charge in [0.25, 0.3) is 5.56 Å². The van der Waals surface area contributed by atoms with Gasteiger partial charge in [0.15, 0.2) is 16.3 Å². The number of aromatic nitrogens is 4. The highest BCUT2D eigenvalue weighted by Gasteiger charge is 2.14. The Morgan fingerprint density at radius 2 is 1.64 bits per heavy atom. The summed E-state index contributed by atoms with van der Waals surface area (Å²) in [6, 6.07) is 15.8. The summed E-state index contributed by atoms with van der Waals surface area (Å²) in [6.07, 6.45) is 3.06. The Morgan fingerprint density at radius 1 is 0.964 bits per heavy atom. The highest BCUT2D eigenvalue weighted by Crippen LogP contribution is 2.22. The summed E-state index contributed by atoms with van der Waals surface area (Å²) in [5, 5.41) is 1.28. The first-order chi connectivity index (χ1) is 13.6. The first-order valence-corrected chi connectivity index (χ1v) is 10.1. The molecule has 2 aromatic heterocycles. The number of thioether (sulfide) groups is 1. The van der Waals surface area contributed by atoms with Crippen molar-refractivity contribution in [2.24, 2.45) is 0 Å². The molecule has 0 aliphatic carbocycles. The fraction of sp³-hybridized carbons (Fsp3) is 0.143. The van der Waals surface area contributed by atoms with E-state index in [0.29, 0.717) is 28.1 Å². The average Bonchev–Trinajstić information content (AvgIpc) is 2.71. The van der Waals surface area contributed by atoms with E-state index in [1.165, 1.54) is 29.1 Å². The second kappa shape index (κ2) is 8.12. The third-order valence-electron chi connectivity index (χ3n) is 4.30. The van der Waals surface area contributed by atoms with Gasteiger partial charge >= 0.3 is 0 Å². The molecule has 28 heavy (non-hydrogen) atoms. The highest BCUT2D eigenvalue weighted by molar-refractivity contribution is 7.98. The Bertz CT molecular complexity index is 1170. The molecule has 0 atom stereocenters. The van der Waals surface area contributed by atoms with Gasteiger partial charge in [-0.05, 0) is 30.2 Å². The Labute approximate surface area is 171 Å². The van der Waals surface area contributed by atoms with Gasteiger partial charge in [-0.2, -0.15) is 0 Å². The van der Waals surface area contributed by atoms with E-state index in [2.05, 4.69) is 46.1 Å². The minimum absolute atomic E-state index is 0.195. The summed E-state index contributed by atoms with van der Waals surface area (Å²) in [7, 11) is 0. The largest absolute Gasteiger partial charge is 0.282 e. The van der Waals surface area contributed by atoms with Crippen LogP contribution >= 0.6 is 23.4 Å². The van der Waals surface area contributed by atoms with Crippen molar-refractivity contribution in [1.29, 1.82) is 0 Å². The average molecular weight is 409 g/mol. The smallest absolute Gasteiger partial charge is 0.281 e. The van der Waals surface area contributed by atoms with Crippen LogP contribution in [0, 0.1) is 6.92 Å². The van der Waals surface area contributed by atoms with E-state index >= 15 is 0 Å². The lowest BCUT2D eigenvalue weighted by molar-refractivity contribution is 0.654. The number of hydrogen-bond acceptors (Lipinski definition) is 5. The van der Waals surface area contributed by atoms with E-state index in [1.807, 2.05) is 24.3 Å². The monoisotopic (exact) mass is 408 g/mol. The maximum Gasteiger partial charge on any atom is 0.282 e. The highest BCUT2D eigenvalue weighted by atomic mass is 35.5. The molecule has 0 bridgehead atoms. The molecule has 2 heterocycles. The Hall–Kier alpha value is -2.70. The Morgan fingerprint density at radius 3 is 2.39 bits per heavy atom. The van der Waals surface area contributed by atoms with Crippen LogP contribution in [0.4, 0.5) is 0 Å². The summed E-state index contributed by atoms with van der Waals surface area (Å²) in [5.74, 6) is 0.707. The van der Waals surface area contributed by atoms with E-state index < -0.39 is 0 Å². The topological polar surface area (TPSA) is 60.7 Å². The van der Waals surface area contributed by atoms with Crippen molar-refractivity contribution in [1.82, 2.24) is 19.5 Å². The summed E-state index contributed by atoms with van der Waals surface area (Å²) in [6.45, 7) is 2.45. The predicted octanol–water partition coefficient (Wildman–Crippen LogP) is 4.49. The van der Waals surface area contributed by atoms with Crippen LogP contribution in [0.2, 0.25) is 5.02 Å². The fourth-order valence-corrected chi connectivity index (χ4v) is 3.85. The second-order valence-electron chi connectivity index (χ2n) is 6.41. The van der Waals surface area contributed by atoms with Crippen LogP contribution in [-0.2, 0) is 12.3 Å². The van der Waals surface area contributed by atoms with E-state index in [4.69, 9.17) is 11.6 Å². The minimum atomic E-state index is -0.195. The number of fused-ring (bicyclic) bond motifs is 1. The van der Waals surface area contributed by atoms with Crippen LogP contribution < -0.4 is 5.56 Å². The van der Waals surface area contributed by atoms with Gasteiger partial charge in [-0.15, -0.1) is 0 Å². The molecule has 0 spiro atoms. The minimum Gasteiger partial charge on any atom is -0.281 e. The molecule has 0 fully saturated rings. The molecule has 0 unspecified atom stereocenters. The number of benzene rings is 2. The van der Waals surface area contributed by atoms with E-state index in [1.54, 1.807) is 10.8 Å². The zero-order valence-electron chi connectivity index (χ0n) is 15.2. The molecule has 0 amide bonds. The van der Waals surface area contributed by atoms with E-state index in [9.17, 15) is 4.79 Å². The van der Waals surface area contributed by atoms with Crippen molar-refractivity contribution in [3.05, 3.63) is 93.0 Å². The molecule has 0 N–H and O–H groups in total. The summed E-state index contributed by atoms with van der Waals surface area (Å²) >= 11 is 7.50. The molecule has 2 aromatic carbocycles. The third-order valence-corrected chi connectivity index (χ3v) is 5.60. The maximum absolute atomic E-state index is 13.1. The summed E-state index contributed by atoms with van der Waals surface area (Å²) < 4.78 is 1.65. The quantitative estimate of drug-likeness (QED) is 0.359. The van der Waals surface area contributed by atoms with E-state index in [-0.39, 0.29) is 11.1 Å². The van der Waals surface area contributed by atoms with Crippen LogP contribution in [0.5, 0.6) is 0 Å². The van der Waals surface area contributed by atoms with Gasteiger partial charge in [0.1, 0.15) is 0 Å². The number of nitrogens with zero attached hydrogens (tertiary/aromatic N) is 4. The molecule has 140 valence electrons. The Balaban J connectivity index is 1.73. The molecule has 4 aromatic rings. The van der Waals surface area contributed by atoms with Crippen molar-refractivity contribution in [2.45, 2.75) is 24.4 Å². The lowest BCUT2D eigenvalue weighted by Gasteiger charge is -2.13. The van der Waals surface area contributed by atoms with E-state index in [0.717, 1.165) is 5.56 Å².